The van der Waals surface area contributed by atoms with Crippen LogP contribution >= 0.6 is 22.6 Å². The van der Waals surface area contributed by atoms with E-state index >= 15 is 0 Å². The zero-order valence-corrected chi connectivity index (χ0v) is 21.6. The number of carbonyl (C=O) groups excluding carboxylic acids is 1. The molecule has 0 N–H and O–H groups in total. The Hall–Kier alpha value is -2.72. The first-order chi connectivity index (χ1) is 15.8. The summed E-state index contributed by atoms with van der Waals surface area (Å²) in [6.45, 7) is 6.69. The van der Waals surface area contributed by atoms with Crippen LogP contribution in [0, 0.1) is 10.5 Å². The molecule has 0 bridgehead atoms. The highest BCUT2D eigenvalue weighted by atomic mass is 127. The number of carbonyl (C=O) groups is 1. The van der Waals surface area contributed by atoms with Gasteiger partial charge in [0.25, 0.3) is 0 Å². The van der Waals surface area contributed by atoms with Gasteiger partial charge in [-0.1, -0.05) is 92.2 Å². The molecular weight excluding hydrogens is 515 g/mol. The Balaban J connectivity index is 1.38. The molecule has 0 spiro atoms. The summed E-state index contributed by atoms with van der Waals surface area (Å²) in [5.41, 5.74) is 7.98. The summed E-state index contributed by atoms with van der Waals surface area (Å²) >= 11 is 2.25. The largest absolute Gasteiger partial charge is 0.289 e. The molecule has 4 aromatic rings. The SMILES string of the molecule is Cc1ccc(C(C)(C)c2ccc(CCc3ccc(C(=O)c4ccc(I)cc4)cc3)cc2)cc1. The van der Waals surface area contributed by atoms with E-state index < -0.39 is 0 Å². The zero-order chi connectivity index (χ0) is 23.4. The third-order valence-electron chi connectivity index (χ3n) is 6.47. The lowest BCUT2D eigenvalue weighted by molar-refractivity contribution is 0.103. The van der Waals surface area contributed by atoms with Crippen LogP contribution in [0.3, 0.4) is 0 Å². The third-order valence-corrected chi connectivity index (χ3v) is 7.19. The van der Waals surface area contributed by atoms with Crippen LogP contribution in [-0.2, 0) is 18.3 Å². The Labute approximate surface area is 211 Å². The van der Waals surface area contributed by atoms with Gasteiger partial charge in [0.15, 0.2) is 5.78 Å². The quantitative estimate of drug-likeness (QED) is 0.171. The van der Waals surface area contributed by atoms with Crippen molar-refractivity contribution in [1.29, 1.82) is 0 Å². The van der Waals surface area contributed by atoms with Crippen molar-refractivity contribution in [3.05, 3.63) is 140 Å². The molecule has 1 nitrogen and oxygen atoms in total. The van der Waals surface area contributed by atoms with Crippen molar-refractivity contribution in [2.45, 2.75) is 39.0 Å². The van der Waals surface area contributed by atoms with Gasteiger partial charge in [-0.2, -0.15) is 0 Å². The van der Waals surface area contributed by atoms with E-state index in [9.17, 15) is 4.79 Å². The van der Waals surface area contributed by atoms with E-state index in [-0.39, 0.29) is 11.2 Å². The predicted octanol–water partition coefficient (Wildman–Crippen LogP) is 7.94. The molecule has 0 unspecified atom stereocenters. The van der Waals surface area contributed by atoms with Crippen molar-refractivity contribution in [3.63, 3.8) is 0 Å². The van der Waals surface area contributed by atoms with Crippen LogP contribution in [0.1, 0.15) is 57.6 Å². The lowest BCUT2D eigenvalue weighted by atomic mass is 9.77. The number of rotatable bonds is 7. The topological polar surface area (TPSA) is 17.1 Å². The molecule has 0 aliphatic rings. The Morgan fingerprint density at radius 3 is 1.52 bits per heavy atom. The summed E-state index contributed by atoms with van der Waals surface area (Å²) in [4.78, 5) is 12.7. The molecule has 0 aliphatic carbocycles. The number of ketones is 1. The summed E-state index contributed by atoms with van der Waals surface area (Å²) < 4.78 is 1.13. The molecule has 0 saturated carbocycles. The summed E-state index contributed by atoms with van der Waals surface area (Å²) in [5, 5.41) is 0. The Morgan fingerprint density at radius 1 is 0.636 bits per heavy atom. The predicted molar refractivity (Wildman–Crippen MR) is 146 cm³/mol. The van der Waals surface area contributed by atoms with Gasteiger partial charge in [0.05, 0.1) is 0 Å². The van der Waals surface area contributed by atoms with Gasteiger partial charge < -0.3 is 0 Å². The van der Waals surface area contributed by atoms with Gasteiger partial charge in [-0.05, 0) is 88.9 Å². The maximum Gasteiger partial charge on any atom is 0.193 e. The second-order valence-corrected chi connectivity index (χ2v) is 10.5. The molecule has 4 rings (SSSR count). The molecule has 0 fully saturated rings. The van der Waals surface area contributed by atoms with E-state index in [2.05, 4.69) is 104 Å². The molecule has 0 amide bonds. The van der Waals surface area contributed by atoms with Crippen molar-refractivity contribution < 1.29 is 4.79 Å². The number of halogens is 1. The van der Waals surface area contributed by atoms with Crippen LogP contribution in [0.15, 0.2) is 97.1 Å². The monoisotopic (exact) mass is 544 g/mol. The van der Waals surface area contributed by atoms with Crippen molar-refractivity contribution in [3.8, 4) is 0 Å². The highest BCUT2D eigenvalue weighted by molar-refractivity contribution is 14.1. The lowest BCUT2D eigenvalue weighted by Gasteiger charge is -2.26. The molecule has 2 heteroatoms. The minimum atomic E-state index is -0.0222. The first-order valence-electron chi connectivity index (χ1n) is 11.4. The molecule has 0 aliphatic heterocycles. The van der Waals surface area contributed by atoms with Gasteiger partial charge in [-0.3, -0.25) is 4.79 Å². The summed E-state index contributed by atoms with van der Waals surface area (Å²) in [5.74, 6) is 0.0738. The van der Waals surface area contributed by atoms with Crippen LogP contribution in [0.5, 0.6) is 0 Å². The summed E-state index contributed by atoms with van der Waals surface area (Å²) in [7, 11) is 0. The van der Waals surface area contributed by atoms with Gasteiger partial charge in [-0.15, -0.1) is 0 Å². The summed E-state index contributed by atoms with van der Waals surface area (Å²) in [6, 6.07) is 33.6. The van der Waals surface area contributed by atoms with Crippen molar-refractivity contribution in [2.24, 2.45) is 0 Å². The standard InChI is InChI=1S/C31H29IO/c1-22-4-16-27(17-5-22)31(2,3)28-18-10-24(11-19-28)7-6-23-8-12-25(13-9-23)30(33)26-14-20-29(32)21-15-26/h4-5,8-21H,6-7H2,1-3H3. The van der Waals surface area contributed by atoms with Crippen LogP contribution < -0.4 is 0 Å². The first-order valence-corrected chi connectivity index (χ1v) is 12.5. The van der Waals surface area contributed by atoms with Crippen LogP contribution in [-0.4, -0.2) is 5.78 Å². The van der Waals surface area contributed by atoms with Crippen LogP contribution in [0.2, 0.25) is 0 Å². The average Bonchev–Trinajstić information content (AvgIpc) is 2.84. The fourth-order valence-electron chi connectivity index (χ4n) is 4.10. The number of hydrogen-bond acceptors (Lipinski definition) is 1. The van der Waals surface area contributed by atoms with E-state index in [1.54, 1.807) is 0 Å². The van der Waals surface area contributed by atoms with Gasteiger partial charge >= 0.3 is 0 Å². The Morgan fingerprint density at radius 2 is 1.03 bits per heavy atom. The van der Waals surface area contributed by atoms with Crippen LogP contribution in [0.4, 0.5) is 0 Å². The first kappa shape index (κ1) is 23.4. The maximum absolute atomic E-state index is 12.7. The lowest BCUT2D eigenvalue weighted by Crippen LogP contribution is -2.18. The minimum Gasteiger partial charge on any atom is -0.289 e. The summed E-state index contributed by atoms with van der Waals surface area (Å²) in [6.07, 6.45) is 1.94. The molecule has 0 saturated heterocycles. The van der Waals surface area contributed by atoms with E-state index in [0.29, 0.717) is 0 Å². The number of benzene rings is 4. The number of hydrogen-bond donors (Lipinski definition) is 0. The second kappa shape index (κ2) is 10.0. The highest BCUT2D eigenvalue weighted by Crippen LogP contribution is 2.31. The molecule has 0 radical (unpaired) electrons. The zero-order valence-electron chi connectivity index (χ0n) is 19.4. The van der Waals surface area contributed by atoms with Crippen molar-refractivity contribution in [2.75, 3.05) is 0 Å². The fourth-order valence-corrected chi connectivity index (χ4v) is 4.46. The van der Waals surface area contributed by atoms with E-state index in [1.807, 2.05) is 36.4 Å². The molecular formula is C31H29IO. The molecule has 166 valence electrons. The normalized spacial score (nSPS) is 11.4. The molecule has 33 heavy (non-hydrogen) atoms. The van der Waals surface area contributed by atoms with E-state index in [4.69, 9.17) is 0 Å². The van der Waals surface area contributed by atoms with Crippen molar-refractivity contribution >= 4 is 28.4 Å². The van der Waals surface area contributed by atoms with Crippen molar-refractivity contribution in [1.82, 2.24) is 0 Å². The minimum absolute atomic E-state index is 0.0222. The number of aryl methyl sites for hydroxylation is 3. The molecule has 4 aromatic carbocycles. The highest BCUT2D eigenvalue weighted by Gasteiger charge is 2.22. The Bertz CT molecular complexity index is 1220. The average molecular weight is 544 g/mol. The Kier molecular flexibility index (Phi) is 7.14. The van der Waals surface area contributed by atoms with Gasteiger partial charge in [-0.25, -0.2) is 0 Å². The van der Waals surface area contributed by atoms with Crippen LogP contribution in [0.25, 0.3) is 0 Å². The van der Waals surface area contributed by atoms with E-state index in [1.165, 1.54) is 27.8 Å². The second-order valence-electron chi connectivity index (χ2n) is 9.22. The molecule has 0 heterocycles. The van der Waals surface area contributed by atoms with E-state index in [0.717, 1.165) is 27.5 Å². The molecule has 0 aromatic heterocycles. The maximum atomic E-state index is 12.7. The fraction of sp³-hybridized carbons (Fsp3) is 0.194. The van der Waals surface area contributed by atoms with Gasteiger partial charge in [0.1, 0.15) is 0 Å². The third kappa shape index (κ3) is 5.62. The smallest absolute Gasteiger partial charge is 0.193 e. The van der Waals surface area contributed by atoms with Gasteiger partial charge in [0.2, 0.25) is 0 Å². The molecule has 0 atom stereocenters. The van der Waals surface area contributed by atoms with Gasteiger partial charge in [0, 0.05) is 20.1 Å².